The van der Waals surface area contributed by atoms with Gasteiger partial charge in [0.1, 0.15) is 16.2 Å². The largest absolute Gasteiger partial charge is 0.444 e. The molecule has 10 nitrogen and oxygen atoms in total. The molecule has 1 aliphatic heterocycles. The number of carbonyl (C=O) groups is 3. The van der Waals surface area contributed by atoms with E-state index < -0.39 is 23.8 Å². The summed E-state index contributed by atoms with van der Waals surface area (Å²) in [6, 6.07) is -1.30. The van der Waals surface area contributed by atoms with Crippen molar-refractivity contribution in [1.29, 1.82) is 0 Å². The molecule has 2 rings (SSSR count). The minimum absolute atomic E-state index is 0.145. The molecule has 1 aliphatic rings. The number of hydrogen-bond donors (Lipinski definition) is 2. The Morgan fingerprint density at radius 3 is 2.43 bits per heavy atom. The smallest absolute Gasteiger partial charge is 0.408 e. The first-order valence-electron chi connectivity index (χ1n) is 9.88. The summed E-state index contributed by atoms with van der Waals surface area (Å²) in [7, 11) is 0. The number of hydrogen-bond acceptors (Lipinski definition) is 6. The summed E-state index contributed by atoms with van der Waals surface area (Å²) in [5.74, 6) is -0.231. The molecular weight excluding hydrogens is 456 g/mol. The predicted octanol–water partition coefficient (Wildman–Crippen LogP) is 3.16. The fourth-order valence-corrected chi connectivity index (χ4v) is 3.09. The van der Waals surface area contributed by atoms with Crippen LogP contribution in [0.1, 0.15) is 47.5 Å². The van der Waals surface area contributed by atoms with Crippen molar-refractivity contribution in [1.82, 2.24) is 25.3 Å². The van der Waals surface area contributed by atoms with Crippen LogP contribution in [0.4, 0.5) is 15.4 Å². The van der Waals surface area contributed by atoms with E-state index in [1.54, 1.807) is 20.8 Å². The van der Waals surface area contributed by atoms with Crippen LogP contribution in [0.3, 0.4) is 0 Å². The van der Waals surface area contributed by atoms with Gasteiger partial charge in [0.2, 0.25) is 0 Å². The Morgan fingerprint density at radius 1 is 1.20 bits per heavy atom. The van der Waals surface area contributed by atoms with Crippen molar-refractivity contribution in [3.05, 3.63) is 17.0 Å². The molecule has 0 aliphatic carbocycles. The summed E-state index contributed by atoms with van der Waals surface area (Å²) < 4.78 is 5.85. The summed E-state index contributed by atoms with van der Waals surface area (Å²) in [6.07, 6.45) is 3.51. The van der Waals surface area contributed by atoms with Gasteiger partial charge in [-0.15, -0.1) is 0 Å². The highest BCUT2D eigenvalue weighted by molar-refractivity contribution is 9.10. The van der Waals surface area contributed by atoms with Crippen molar-refractivity contribution in [2.45, 2.75) is 59.1 Å². The van der Waals surface area contributed by atoms with E-state index in [1.807, 2.05) is 13.8 Å². The van der Waals surface area contributed by atoms with E-state index in [0.717, 1.165) is 0 Å². The highest BCUT2D eigenvalue weighted by atomic mass is 79.9. The molecule has 0 bridgehead atoms. The molecule has 166 valence electrons. The van der Waals surface area contributed by atoms with Crippen molar-refractivity contribution >= 4 is 39.8 Å². The number of carbonyl (C=O) groups excluding carboxylic acids is 3. The van der Waals surface area contributed by atoms with Crippen LogP contribution in [0.5, 0.6) is 0 Å². The van der Waals surface area contributed by atoms with Gasteiger partial charge in [-0.2, -0.15) is 0 Å². The van der Waals surface area contributed by atoms with E-state index in [-0.39, 0.29) is 17.6 Å². The number of hydrazine groups is 1. The summed E-state index contributed by atoms with van der Waals surface area (Å²) in [4.78, 5) is 46.3. The monoisotopic (exact) mass is 484 g/mol. The van der Waals surface area contributed by atoms with E-state index in [9.17, 15) is 14.4 Å². The van der Waals surface area contributed by atoms with E-state index in [1.165, 1.54) is 22.4 Å². The lowest BCUT2D eigenvalue weighted by Gasteiger charge is -2.33. The minimum Gasteiger partial charge on any atom is -0.444 e. The van der Waals surface area contributed by atoms with Crippen molar-refractivity contribution in [3.63, 3.8) is 0 Å². The summed E-state index contributed by atoms with van der Waals surface area (Å²) in [5, 5.41) is 8.02. The third kappa shape index (κ3) is 6.54. The highest BCUT2D eigenvalue weighted by Crippen LogP contribution is 2.19. The molecule has 0 radical (unpaired) electrons. The lowest BCUT2D eigenvalue weighted by Crippen LogP contribution is -2.56. The second-order valence-electron chi connectivity index (χ2n) is 8.10. The van der Waals surface area contributed by atoms with E-state index >= 15 is 0 Å². The zero-order chi connectivity index (χ0) is 22.5. The lowest BCUT2D eigenvalue weighted by molar-refractivity contribution is -0.143. The van der Waals surface area contributed by atoms with Crippen LogP contribution in [-0.2, 0) is 9.53 Å². The molecule has 2 atom stereocenters. The molecule has 4 amide bonds. The fraction of sp³-hybridized carbons (Fsp3) is 0.632. The van der Waals surface area contributed by atoms with Gasteiger partial charge < -0.3 is 10.1 Å². The lowest BCUT2D eigenvalue weighted by atomic mass is 9.98. The second-order valence-corrected chi connectivity index (χ2v) is 8.91. The molecule has 2 heterocycles. The number of anilines is 1. The van der Waals surface area contributed by atoms with Crippen LogP contribution in [0.2, 0.25) is 0 Å². The van der Waals surface area contributed by atoms with Crippen LogP contribution in [0, 0.1) is 5.92 Å². The zero-order valence-corrected chi connectivity index (χ0v) is 19.5. The van der Waals surface area contributed by atoms with Gasteiger partial charge in [0.15, 0.2) is 5.82 Å². The van der Waals surface area contributed by atoms with Crippen molar-refractivity contribution in [2.75, 3.05) is 18.4 Å². The normalized spacial score (nSPS) is 16.1. The first-order chi connectivity index (χ1) is 14.0. The highest BCUT2D eigenvalue weighted by Gasteiger charge is 2.38. The second kappa shape index (κ2) is 10.1. The third-order valence-corrected chi connectivity index (χ3v) is 4.94. The maximum atomic E-state index is 13.3. The number of aromatic nitrogens is 2. The standard InChI is InChI=1S/C19H29BrN6O4/c1-6-12(2)15(24-18(29)30-19(3,4)5)16(27)25-8-7-9-26(25)17(28)23-14-11-21-13(20)10-22-14/h10-12,15H,6-9H2,1-5H3,(H,24,29)(H,22,23,28)/t12-,15-/m0/s1. The minimum atomic E-state index is -0.814. The van der Waals surface area contributed by atoms with Crippen LogP contribution < -0.4 is 10.6 Å². The van der Waals surface area contributed by atoms with Gasteiger partial charge in [0.25, 0.3) is 5.91 Å². The number of alkyl carbamates (subject to hydrolysis) is 1. The average Bonchev–Trinajstić information content (AvgIpc) is 3.15. The molecule has 0 spiro atoms. The number of halogens is 1. The Bertz CT molecular complexity index is 767. The number of urea groups is 1. The van der Waals surface area contributed by atoms with Crippen LogP contribution in [-0.4, -0.2) is 62.7 Å². The van der Waals surface area contributed by atoms with Gasteiger partial charge in [-0.1, -0.05) is 20.3 Å². The molecule has 2 N–H and O–H groups in total. The fourth-order valence-electron chi connectivity index (χ4n) is 2.88. The van der Waals surface area contributed by atoms with Gasteiger partial charge in [0.05, 0.1) is 12.4 Å². The summed E-state index contributed by atoms with van der Waals surface area (Å²) in [5.41, 5.74) is -0.682. The topological polar surface area (TPSA) is 117 Å². The molecule has 1 aromatic heterocycles. The molecule has 1 saturated heterocycles. The average molecular weight is 485 g/mol. The Balaban J connectivity index is 2.12. The molecule has 11 heteroatoms. The molecular formula is C19H29BrN6O4. The van der Waals surface area contributed by atoms with E-state index in [4.69, 9.17) is 4.74 Å². The molecule has 1 aromatic rings. The van der Waals surface area contributed by atoms with E-state index in [0.29, 0.717) is 30.5 Å². The third-order valence-electron chi connectivity index (χ3n) is 4.53. The summed E-state index contributed by atoms with van der Waals surface area (Å²) in [6.45, 7) is 9.82. The van der Waals surface area contributed by atoms with E-state index in [2.05, 4.69) is 36.5 Å². The van der Waals surface area contributed by atoms with Gasteiger partial charge in [-0.25, -0.2) is 29.6 Å². The molecule has 0 aromatic carbocycles. The maximum Gasteiger partial charge on any atom is 0.408 e. The summed E-state index contributed by atoms with van der Waals surface area (Å²) >= 11 is 3.19. The number of nitrogens with zero attached hydrogens (tertiary/aromatic N) is 4. The number of nitrogens with one attached hydrogen (secondary N) is 2. The van der Waals surface area contributed by atoms with Gasteiger partial charge in [-0.3, -0.25) is 10.1 Å². The molecule has 30 heavy (non-hydrogen) atoms. The molecule has 1 fully saturated rings. The van der Waals surface area contributed by atoms with Gasteiger partial charge in [-0.05, 0) is 49.0 Å². The van der Waals surface area contributed by atoms with Crippen LogP contribution in [0.25, 0.3) is 0 Å². The van der Waals surface area contributed by atoms with Crippen LogP contribution >= 0.6 is 15.9 Å². The number of amides is 4. The van der Waals surface area contributed by atoms with Gasteiger partial charge >= 0.3 is 12.1 Å². The first kappa shape index (κ1) is 23.8. The van der Waals surface area contributed by atoms with Crippen molar-refractivity contribution in [3.8, 4) is 0 Å². The number of ether oxygens (including phenoxy) is 1. The molecule has 0 unspecified atom stereocenters. The SMILES string of the molecule is CC[C@H](C)[C@H](NC(=O)OC(C)(C)C)C(=O)N1CCCN1C(=O)Nc1cnc(Br)cn1. The van der Waals surface area contributed by atoms with Crippen molar-refractivity contribution in [2.24, 2.45) is 5.92 Å². The molecule has 0 saturated carbocycles. The Kier molecular flexibility index (Phi) is 7.99. The quantitative estimate of drug-likeness (QED) is 0.662. The number of rotatable bonds is 5. The first-order valence-corrected chi connectivity index (χ1v) is 10.7. The zero-order valence-electron chi connectivity index (χ0n) is 17.9. The Morgan fingerprint density at radius 2 is 1.87 bits per heavy atom. The van der Waals surface area contributed by atoms with Crippen LogP contribution in [0.15, 0.2) is 17.0 Å². The maximum absolute atomic E-state index is 13.3. The van der Waals surface area contributed by atoms with Crippen molar-refractivity contribution < 1.29 is 19.1 Å². The predicted molar refractivity (Wildman–Crippen MR) is 114 cm³/mol. The Hall–Kier alpha value is -2.43. The van der Waals surface area contributed by atoms with Gasteiger partial charge in [0, 0.05) is 13.1 Å². The Labute approximate surface area is 184 Å².